The first-order valence-corrected chi connectivity index (χ1v) is 7.64. The second-order valence-corrected chi connectivity index (χ2v) is 6.03. The summed E-state index contributed by atoms with van der Waals surface area (Å²) in [5, 5.41) is 13.3. The molecule has 0 saturated carbocycles. The third-order valence-corrected chi connectivity index (χ3v) is 4.00. The summed E-state index contributed by atoms with van der Waals surface area (Å²) < 4.78 is 8.07. The minimum atomic E-state index is -0.973. The number of aromatic nitrogens is 2. The number of hydrogen-bond donors (Lipinski definition) is 1. The maximum absolute atomic E-state index is 12.4. The highest BCUT2D eigenvalue weighted by Gasteiger charge is 2.35. The van der Waals surface area contributed by atoms with Gasteiger partial charge in [0.2, 0.25) is 0 Å². The van der Waals surface area contributed by atoms with Gasteiger partial charge in [0.1, 0.15) is 11.8 Å². The van der Waals surface area contributed by atoms with Crippen LogP contribution in [0.1, 0.15) is 29.2 Å². The first-order chi connectivity index (χ1) is 10.5. The van der Waals surface area contributed by atoms with Gasteiger partial charge in [-0.25, -0.2) is 4.79 Å². The summed E-state index contributed by atoms with van der Waals surface area (Å²) in [6, 6.07) is 2.52. The fourth-order valence-electron chi connectivity index (χ4n) is 2.57. The highest BCUT2D eigenvalue weighted by atomic mass is 79.9. The summed E-state index contributed by atoms with van der Waals surface area (Å²) in [6.07, 6.45) is 4.63. The third kappa shape index (κ3) is 2.92. The Bertz CT molecular complexity index is 709. The summed E-state index contributed by atoms with van der Waals surface area (Å²) in [4.78, 5) is 24.9. The van der Waals surface area contributed by atoms with Crippen molar-refractivity contribution in [1.29, 1.82) is 0 Å². The molecule has 8 heteroatoms. The van der Waals surface area contributed by atoms with Crippen molar-refractivity contribution in [3.05, 3.63) is 40.5 Å². The van der Waals surface area contributed by atoms with Gasteiger partial charge in [-0.1, -0.05) is 0 Å². The molecule has 0 spiro atoms. The SMILES string of the molecule is O=C(O)[C@@H]1CCCN1C(=O)c1ccc(Cn2cc(Br)cn2)o1. The number of amides is 1. The Morgan fingerprint density at radius 2 is 2.27 bits per heavy atom. The van der Waals surface area contributed by atoms with Gasteiger partial charge < -0.3 is 14.4 Å². The topological polar surface area (TPSA) is 88.6 Å². The number of carboxylic acids is 1. The Kier molecular flexibility index (Phi) is 4.02. The van der Waals surface area contributed by atoms with Crippen molar-refractivity contribution in [2.75, 3.05) is 6.54 Å². The molecule has 1 atom stereocenters. The summed E-state index contributed by atoms with van der Waals surface area (Å²) in [6.45, 7) is 0.846. The van der Waals surface area contributed by atoms with Crippen molar-refractivity contribution in [3.63, 3.8) is 0 Å². The lowest BCUT2D eigenvalue weighted by atomic mass is 10.2. The van der Waals surface area contributed by atoms with E-state index in [1.54, 1.807) is 29.2 Å². The molecular weight excluding hydrogens is 354 g/mol. The highest BCUT2D eigenvalue weighted by Crippen LogP contribution is 2.21. The number of halogens is 1. The molecule has 3 rings (SSSR count). The van der Waals surface area contributed by atoms with Crippen LogP contribution in [0.4, 0.5) is 0 Å². The van der Waals surface area contributed by atoms with Gasteiger partial charge in [-0.15, -0.1) is 0 Å². The molecule has 0 radical (unpaired) electrons. The van der Waals surface area contributed by atoms with Crippen molar-refractivity contribution in [1.82, 2.24) is 14.7 Å². The van der Waals surface area contributed by atoms with E-state index in [-0.39, 0.29) is 11.7 Å². The van der Waals surface area contributed by atoms with Gasteiger partial charge in [0.15, 0.2) is 5.76 Å². The lowest BCUT2D eigenvalue weighted by Crippen LogP contribution is -2.40. The van der Waals surface area contributed by atoms with Gasteiger partial charge >= 0.3 is 5.97 Å². The normalized spacial score (nSPS) is 17.9. The number of aliphatic carboxylic acids is 1. The molecule has 1 aliphatic rings. The minimum absolute atomic E-state index is 0.161. The fraction of sp³-hybridized carbons (Fsp3) is 0.357. The Morgan fingerprint density at radius 3 is 2.95 bits per heavy atom. The fourth-order valence-corrected chi connectivity index (χ4v) is 2.90. The van der Waals surface area contributed by atoms with E-state index in [1.165, 1.54) is 4.90 Å². The van der Waals surface area contributed by atoms with Crippen LogP contribution in [-0.4, -0.2) is 44.3 Å². The molecule has 2 aromatic heterocycles. The molecule has 116 valence electrons. The predicted molar refractivity (Wildman–Crippen MR) is 79.4 cm³/mol. The average Bonchev–Trinajstić information content (AvgIpc) is 3.19. The lowest BCUT2D eigenvalue weighted by Gasteiger charge is -2.19. The van der Waals surface area contributed by atoms with Crippen LogP contribution in [0, 0.1) is 0 Å². The number of furan rings is 1. The van der Waals surface area contributed by atoms with Crippen molar-refractivity contribution in [2.24, 2.45) is 0 Å². The van der Waals surface area contributed by atoms with Gasteiger partial charge in [0, 0.05) is 12.7 Å². The van der Waals surface area contributed by atoms with Gasteiger partial charge in [-0.05, 0) is 40.9 Å². The maximum atomic E-state index is 12.4. The number of rotatable bonds is 4. The van der Waals surface area contributed by atoms with Crippen molar-refractivity contribution in [2.45, 2.75) is 25.4 Å². The first kappa shape index (κ1) is 14.8. The van der Waals surface area contributed by atoms with Crippen LogP contribution in [0.15, 0.2) is 33.4 Å². The van der Waals surface area contributed by atoms with Crippen LogP contribution in [0.5, 0.6) is 0 Å². The second-order valence-electron chi connectivity index (χ2n) is 5.12. The quantitative estimate of drug-likeness (QED) is 0.892. The molecule has 1 fully saturated rings. The molecule has 0 bridgehead atoms. The predicted octanol–water partition coefficient (Wildman–Crippen LogP) is 1.98. The summed E-state index contributed by atoms with van der Waals surface area (Å²) in [5.74, 6) is -0.601. The number of likely N-dealkylation sites (tertiary alicyclic amines) is 1. The van der Waals surface area contributed by atoms with Crippen LogP contribution in [0.25, 0.3) is 0 Å². The zero-order valence-electron chi connectivity index (χ0n) is 11.6. The largest absolute Gasteiger partial charge is 0.480 e. The van der Waals surface area contributed by atoms with E-state index < -0.39 is 12.0 Å². The molecule has 1 aliphatic heterocycles. The molecule has 0 aliphatic carbocycles. The molecule has 1 N–H and O–H groups in total. The second kappa shape index (κ2) is 5.96. The zero-order chi connectivity index (χ0) is 15.7. The Hall–Kier alpha value is -2.09. The van der Waals surface area contributed by atoms with Crippen molar-refractivity contribution >= 4 is 27.8 Å². The molecule has 3 heterocycles. The van der Waals surface area contributed by atoms with E-state index in [0.29, 0.717) is 31.7 Å². The summed E-state index contributed by atoms with van der Waals surface area (Å²) in [5.41, 5.74) is 0. The summed E-state index contributed by atoms with van der Waals surface area (Å²) >= 11 is 3.31. The maximum Gasteiger partial charge on any atom is 0.326 e. The summed E-state index contributed by atoms with van der Waals surface area (Å²) in [7, 11) is 0. The van der Waals surface area contributed by atoms with Crippen LogP contribution < -0.4 is 0 Å². The van der Waals surface area contributed by atoms with E-state index in [4.69, 9.17) is 9.52 Å². The van der Waals surface area contributed by atoms with E-state index in [0.717, 1.165) is 4.47 Å². The first-order valence-electron chi connectivity index (χ1n) is 6.85. The molecule has 2 aromatic rings. The Balaban J connectivity index is 1.73. The van der Waals surface area contributed by atoms with Crippen LogP contribution in [0.2, 0.25) is 0 Å². The van der Waals surface area contributed by atoms with E-state index in [1.807, 2.05) is 0 Å². The standard InChI is InChI=1S/C14H14BrN3O4/c15-9-6-16-17(7-9)8-10-3-4-12(22-10)13(19)18-5-1-2-11(18)14(20)21/h3-4,6-7,11H,1-2,5,8H2,(H,20,21)/t11-/m0/s1. The van der Waals surface area contributed by atoms with Gasteiger partial charge in [-0.3, -0.25) is 9.48 Å². The number of carbonyl (C=O) groups is 2. The number of carboxylic acid groups (broad SMARTS) is 1. The van der Waals surface area contributed by atoms with E-state index >= 15 is 0 Å². The Labute approximate surface area is 134 Å². The van der Waals surface area contributed by atoms with E-state index in [9.17, 15) is 9.59 Å². The number of nitrogens with zero attached hydrogens (tertiary/aromatic N) is 3. The molecule has 7 nitrogen and oxygen atoms in total. The average molecular weight is 368 g/mol. The van der Waals surface area contributed by atoms with Gasteiger partial charge in [0.25, 0.3) is 5.91 Å². The van der Waals surface area contributed by atoms with Crippen molar-refractivity contribution < 1.29 is 19.1 Å². The minimum Gasteiger partial charge on any atom is -0.480 e. The molecule has 0 aromatic carbocycles. The van der Waals surface area contributed by atoms with Crippen LogP contribution in [-0.2, 0) is 11.3 Å². The Morgan fingerprint density at radius 1 is 1.45 bits per heavy atom. The van der Waals surface area contributed by atoms with E-state index in [2.05, 4.69) is 21.0 Å². The van der Waals surface area contributed by atoms with Crippen molar-refractivity contribution in [3.8, 4) is 0 Å². The molecular formula is C14H14BrN3O4. The monoisotopic (exact) mass is 367 g/mol. The van der Waals surface area contributed by atoms with Crippen LogP contribution >= 0.6 is 15.9 Å². The van der Waals surface area contributed by atoms with Gasteiger partial charge in [-0.2, -0.15) is 5.10 Å². The molecule has 1 saturated heterocycles. The molecule has 0 unspecified atom stereocenters. The third-order valence-electron chi connectivity index (χ3n) is 3.59. The zero-order valence-corrected chi connectivity index (χ0v) is 13.2. The highest BCUT2D eigenvalue weighted by molar-refractivity contribution is 9.10. The smallest absolute Gasteiger partial charge is 0.326 e. The molecule has 1 amide bonds. The molecule has 22 heavy (non-hydrogen) atoms. The lowest BCUT2D eigenvalue weighted by molar-refractivity contribution is -0.141. The van der Waals surface area contributed by atoms with Crippen LogP contribution in [0.3, 0.4) is 0 Å². The van der Waals surface area contributed by atoms with Gasteiger partial charge in [0.05, 0.1) is 17.2 Å². The number of hydrogen-bond acceptors (Lipinski definition) is 4. The number of carbonyl (C=O) groups excluding carboxylic acids is 1.